The van der Waals surface area contributed by atoms with E-state index in [2.05, 4.69) is 4.72 Å². The van der Waals surface area contributed by atoms with Crippen molar-refractivity contribution in [3.05, 3.63) is 63.6 Å². The molecule has 0 unspecified atom stereocenters. The van der Waals surface area contributed by atoms with Crippen LogP contribution in [0.15, 0.2) is 47.4 Å². The van der Waals surface area contributed by atoms with Crippen LogP contribution >= 0.6 is 23.2 Å². The summed E-state index contributed by atoms with van der Waals surface area (Å²) in [6.07, 6.45) is -4.54. The molecular formula is C16H13Cl2F3N2O3S. The quantitative estimate of drug-likeness (QED) is 0.717. The zero-order chi connectivity index (χ0) is 20.2. The highest BCUT2D eigenvalue weighted by Crippen LogP contribution is 2.21. The minimum absolute atomic E-state index is 0.0911. The molecule has 2 N–H and O–H groups in total. The third-order valence-corrected chi connectivity index (χ3v) is 5.35. The molecule has 0 aliphatic carbocycles. The minimum atomic E-state index is -4.54. The summed E-state index contributed by atoms with van der Waals surface area (Å²) >= 11 is 11.8. The molecule has 0 radical (unpaired) electrons. The topological polar surface area (TPSA) is 75.3 Å². The lowest BCUT2D eigenvalue weighted by molar-refractivity contribution is -0.123. The van der Waals surface area contributed by atoms with Crippen molar-refractivity contribution < 1.29 is 26.4 Å². The summed E-state index contributed by atoms with van der Waals surface area (Å²) in [6, 6.07) is 9.08. The van der Waals surface area contributed by atoms with Crippen LogP contribution in [-0.2, 0) is 16.6 Å². The second-order valence-electron chi connectivity index (χ2n) is 5.38. The summed E-state index contributed by atoms with van der Waals surface area (Å²) in [7, 11) is -3.92. The Balaban J connectivity index is 2.05. The predicted octanol–water partition coefficient (Wildman–Crippen LogP) is 3.76. The first kappa shape index (κ1) is 21.5. The van der Waals surface area contributed by atoms with Crippen LogP contribution in [0.3, 0.4) is 0 Å². The van der Waals surface area contributed by atoms with Crippen LogP contribution in [0, 0.1) is 0 Å². The maximum atomic E-state index is 12.3. The van der Waals surface area contributed by atoms with Crippen molar-refractivity contribution in [3.63, 3.8) is 0 Å². The first-order valence-electron chi connectivity index (χ1n) is 7.36. The molecule has 2 aromatic rings. The molecule has 0 fully saturated rings. The van der Waals surface area contributed by atoms with Gasteiger partial charge in [-0.3, -0.25) is 4.79 Å². The number of halogens is 5. The molecule has 0 aliphatic heterocycles. The van der Waals surface area contributed by atoms with Gasteiger partial charge in [0.2, 0.25) is 10.0 Å². The highest BCUT2D eigenvalue weighted by atomic mass is 35.5. The Morgan fingerprint density at radius 2 is 1.67 bits per heavy atom. The van der Waals surface area contributed by atoms with Gasteiger partial charge in [0.25, 0.3) is 5.91 Å². The van der Waals surface area contributed by atoms with Gasteiger partial charge < -0.3 is 5.32 Å². The van der Waals surface area contributed by atoms with Gasteiger partial charge in [-0.1, -0.05) is 29.3 Å². The molecule has 0 heterocycles. The maximum absolute atomic E-state index is 12.3. The monoisotopic (exact) mass is 440 g/mol. The molecule has 2 aromatic carbocycles. The van der Waals surface area contributed by atoms with Crippen molar-refractivity contribution in [2.75, 3.05) is 6.54 Å². The molecule has 0 spiro atoms. The van der Waals surface area contributed by atoms with E-state index in [0.717, 1.165) is 24.3 Å². The van der Waals surface area contributed by atoms with Crippen LogP contribution in [-0.4, -0.2) is 27.0 Å². The molecular weight excluding hydrogens is 428 g/mol. The van der Waals surface area contributed by atoms with E-state index >= 15 is 0 Å². The summed E-state index contributed by atoms with van der Waals surface area (Å²) in [6.45, 7) is -1.57. The fourth-order valence-electron chi connectivity index (χ4n) is 1.99. The van der Waals surface area contributed by atoms with E-state index in [-0.39, 0.29) is 17.0 Å². The van der Waals surface area contributed by atoms with Crippen molar-refractivity contribution in [1.82, 2.24) is 10.0 Å². The molecule has 146 valence electrons. The first-order valence-corrected chi connectivity index (χ1v) is 9.60. The second kappa shape index (κ2) is 8.47. The highest BCUT2D eigenvalue weighted by molar-refractivity contribution is 7.89. The van der Waals surface area contributed by atoms with Crippen LogP contribution in [0.2, 0.25) is 10.0 Å². The molecule has 0 bridgehead atoms. The first-order chi connectivity index (χ1) is 12.5. The smallest absolute Gasteiger partial charge is 0.343 e. The Bertz CT molecular complexity index is 933. The van der Waals surface area contributed by atoms with Gasteiger partial charge in [0.05, 0.1) is 4.90 Å². The van der Waals surface area contributed by atoms with E-state index in [1.54, 1.807) is 17.4 Å². The van der Waals surface area contributed by atoms with E-state index in [4.69, 9.17) is 23.2 Å². The van der Waals surface area contributed by atoms with E-state index < -0.39 is 28.7 Å². The second-order valence-corrected chi connectivity index (χ2v) is 7.99. The van der Waals surface area contributed by atoms with Gasteiger partial charge in [-0.15, -0.1) is 0 Å². The van der Waals surface area contributed by atoms with Gasteiger partial charge >= 0.3 is 6.18 Å². The largest absolute Gasteiger partial charge is 0.405 e. The Hall–Kier alpha value is -1.81. The molecule has 0 aliphatic rings. The average Bonchev–Trinajstić information content (AvgIpc) is 2.58. The van der Waals surface area contributed by atoms with E-state index in [1.165, 1.54) is 6.07 Å². The number of rotatable bonds is 6. The predicted molar refractivity (Wildman–Crippen MR) is 95.3 cm³/mol. The average molecular weight is 441 g/mol. The van der Waals surface area contributed by atoms with Crippen molar-refractivity contribution in [3.8, 4) is 0 Å². The lowest BCUT2D eigenvalue weighted by atomic mass is 10.2. The Kier molecular flexibility index (Phi) is 6.74. The Morgan fingerprint density at radius 3 is 2.22 bits per heavy atom. The fourth-order valence-corrected chi connectivity index (χ4v) is 3.47. The number of carbonyl (C=O) groups is 1. The number of amides is 1. The number of benzene rings is 2. The third kappa shape index (κ3) is 6.39. The molecule has 2 rings (SSSR count). The number of hydrogen-bond donors (Lipinski definition) is 2. The molecule has 27 heavy (non-hydrogen) atoms. The van der Waals surface area contributed by atoms with Gasteiger partial charge in [0, 0.05) is 22.2 Å². The van der Waals surface area contributed by atoms with Gasteiger partial charge in [-0.2, -0.15) is 13.2 Å². The summed E-state index contributed by atoms with van der Waals surface area (Å²) in [5, 5.41) is 2.40. The van der Waals surface area contributed by atoms with Gasteiger partial charge in [-0.05, 0) is 42.0 Å². The van der Waals surface area contributed by atoms with E-state index in [0.29, 0.717) is 15.6 Å². The molecule has 1 amide bonds. The summed E-state index contributed by atoms with van der Waals surface area (Å²) in [5.41, 5.74) is 0.409. The van der Waals surface area contributed by atoms with Gasteiger partial charge in [-0.25, -0.2) is 13.1 Å². The number of alkyl halides is 3. The van der Waals surface area contributed by atoms with Crippen LogP contribution in [0.25, 0.3) is 0 Å². The molecule has 0 saturated heterocycles. The Morgan fingerprint density at radius 1 is 1.04 bits per heavy atom. The fraction of sp³-hybridized carbons (Fsp3) is 0.188. The third-order valence-electron chi connectivity index (χ3n) is 3.34. The summed E-state index contributed by atoms with van der Waals surface area (Å²) < 4.78 is 63.3. The number of nitrogens with one attached hydrogen (secondary N) is 2. The van der Waals surface area contributed by atoms with Crippen LogP contribution in [0.4, 0.5) is 13.2 Å². The van der Waals surface area contributed by atoms with E-state index in [9.17, 15) is 26.4 Å². The molecule has 0 saturated carbocycles. The normalized spacial score (nSPS) is 12.0. The number of carbonyl (C=O) groups excluding carboxylic acids is 1. The van der Waals surface area contributed by atoms with Crippen LogP contribution in [0.1, 0.15) is 15.9 Å². The maximum Gasteiger partial charge on any atom is 0.405 e. The lowest BCUT2D eigenvalue weighted by Crippen LogP contribution is -2.33. The molecule has 0 aromatic heterocycles. The van der Waals surface area contributed by atoms with Crippen molar-refractivity contribution in [2.45, 2.75) is 17.6 Å². The zero-order valence-corrected chi connectivity index (χ0v) is 15.8. The van der Waals surface area contributed by atoms with Crippen LogP contribution < -0.4 is 10.0 Å². The standard InChI is InChI=1S/C16H13Cl2F3N2O3S/c17-12-4-1-11(14(18)7-12)8-23-27(25,26)13-5-2-10(3-6-13)15(24)22-9-16(19,20)21/h1-7,23H,8-9H2,(H,22,24). The molecule has 0 atom stereocenters. The number of sulfonamides is 1. The van der Waals surface area contributed by atoms with Crippen molar-refractivity contribution >= 4 is 39.1 Å². The van der Waals surface area contributed by atoms with Crippen LogP contribution in [0.5, 0.6) is 0 Å². The molecule has 11 heteroatoms. The van der Waals surface area contributed by atoms with E-state index in [1.807, 2.05) is 0 Å². The Labute approximate surface area is 163 Å². The van der Waals surface area contributed by atoms with Gasteiger partial charge in [0.1, 0.15) is 6.54 Å². The summed E-state index contributed by atoms with van der Waals surface area (Å²) in [4.78, 5) is 11.5. The van der Waals surface area contributed by atoms with Crippen molar-refractivity contribution in [1.29, 1.82) is 0 Å². The minimum Gasteiger partial charge on any atom is -0.343 e. The van der Waals surface area contributed by atoms with Gasteiger partial charge in [0.15, 0.2) is 0 Å². The lowest BCUT2D eigenvalue weighted by Gasteiger charge is -2.10. The SMILES string of the molecule is O=C(NCC(F)(F)F)c1ccc(S(=O)(=O)NCc2ccc(Cl)cc2Cl)cc1. The van der Waals surface area contributed by atoms with Crippen molar-refractivity contribution in [2.24, 2.45) is 0 Å². The zero-order valence-electron chi connectivity index (χ0n) is 13.5. The summed E-state index contributed by atoms with van der Waals surface area (Å²) in [5.74, 6) is -0.961. The molecule has 5 nitrogen and oxygen atoms in total. The highest BCUT2D eigenvalue weighted by Gasteiger charge is 2.28. The number of hydrogen-bond acceptors (Lipinski definition) is 3.